The average Bonchev–Trinajstić information content (AvgIpc) is 2.77. The second kappa shape index (κ2) is 6.05. The van der Waals surface area contributed by atoms with Crippen LogP contribution in [-0.2, 0) is 6.54 Å². The molecule has 98 valence electrons. The molecule has 0 saturated carbocycles. The second-order valence-electron chi connectivity index (χ2n) is 5.61. The fourth-order valence-electron chi connectivity index (χ4n) is 2.25. The molecule has 1 heterocycles. The third-order valence-corrected chi connectivity index (χ3v) is 3.49. The van der Waals surface area contributed by atoms with Gasteiger partial charge in [0.25, 0.3) is 0 Å². The van der Waals surface area contributed by atoms with Crippen LogP contribution in [-0.4, -0.2) is 11.0 Å². The quantitative estimate of drug-likeness (QED) is 0.787. The van der Waals surface area contributed by atoms with Crippen molar-refractivity contribution in [3.63, 3.8) is 0 Å². The number of hydrogen-bond donors (Lipinski definition) is 2. The van der Waals surface area contributed by atoms with Gasteiger partial charge < -0.3 is 10.3 Å². The first kappa shape index (κ1) is 13.2. The Balaban J connectivity index is 1.90. The van der Waals surface area contributed by atoms with Crippen LogP contribution >= 0.6 is 0 Å². The Kier molecular flexibility index (Phi) is 4.43. The molecule has 2 aromatic rings. The molecule has 0 radical (unpaired) electrons. The maximum absolute atomic E-state index is 3.61. The van der Waals surface area contributed by atoms with E-state index in [1.165, 1.54) is 29.3 Å². The Morgan fingerprint density at radius 2 is 1.89 bits per heavy atom. The predicted molar refractivity (Wildman–Crippen MR) is 78.7 cm³/mol. The third kappa shape index (κ3) is 3.36. The van der Waals surface area contributed by atoms with E-state index < -0.39 is 0 Å². The van der Waals surface area contributed by atoms with E-state index >= 15 is 0 Å². The molecule has 2 N–H and O–H groups in total. The summed E-state index contributed by atoms with van der Waals surface area (Å²) in [6.07, 6.45) is 4.66. The second-order valence-corrected chi connectivity index (χ2v) is 5.61. The molecule has 2 heteroatoms. The summed E-state index contributed by atoms with van der Waals surface area (Å²) in [6, 6.07) is 9.06. The van der Waals surface area contributed by atoms with Gasteiger partial charge in [-0.25, -0.2) is 0 Å². The zero-order valence-corrected chi connectivity index (χ0v) is 11.7. The lowest BCUT2D eigenvalue weighted by atomic mass is 10.0. The largest absolute Gasteiger partial charge is 0.361 e. The van der Waals surface area contributed by atoms with Crippen LogP contribution in [0.15, 0.2) is 30.5 Å². The Labute approximate surface area is 110 Å². The summed E-state index contributed by atoms with van der Waals surface area (Å²) in [7, 11) is 0. The molecule has 1 unspecified atom stereocenters. The Morgan fingerprint density at radius 3 is 2.67 bits per heavy atom. The Morgan fingerprint density at radius 1 is 1.11 bits per heavy atom. The summed E-state index contributed by atoms with van der Waals surface area (Å²) in [5, 5.41) is 4.95. The predicted octanol–water partition coefficient (Wildman–Crippen LogP) is 4.08. The Bertz CT molecular complexity index is 485. The van der Waals surface area contributed by atoms with Crippen LogP contribution in [0.25, 0.3) is 10.9 Å². The van der Waals surface area contributed by atoms with Gasteiger partial charge in [-0.2, -0.15) is 0 Å². The standard InChI is InChI=1S/C16H24N2/c1-12(2)8-9-13(3)17-10-14-11-18-16-7-5-4-6-15(14)16/h4-7,11-13,17-18H,8-10H2,1-3H3. The molecular formula is C16H24N2. The highest BCUT2D eigenvalue weighted by atomic mass is 14.9. The van der Waals surface area contributed by atoms with Gasteiger partial charge >= 0.3 is 0 Å². The minimum absolute atomic E-state index is 0.584. The summed E-state index contributed by atoms with van der Waals surface area (Å²) in [5.74, 6) is 0.794. The van der Waals surface area contributed by atoms with Crippen LogP contribution in [0.1, 0.15) is 39.2 Å². The van der Waals surface area contributed by atoms with E-state index in [0.29, 0.717) is 6.04 Å². The van der Waals surface area contributed by atoms with Crippen LogP contribution in [0.4, 0.5) is 0 Å². The summed E-state index contributed by atoms with van der Waals surface area (Å²) in [5.41, 5.74) is 2.59. The maximum atomic E-state index is 3.61. The van der Waals surface area contributed by atoms with Crippen LogP contribution in [0.5, 0.6) is 0 Å². The van der Waals surface area contributed by atoms with Crippen molar-refractivity contribution < 1.29 is 0 Å². The van der Waals surface area contributed by atoms with Crippen molar-refractivity contribution in [2.75, 3.05) is 0 Å². The minimum Gasteiger partial charge on any atom is -0.361 e. The first-order chi connectivity index (χ1) is 8.66. The van der Waals surface area contributed by atoms with Crippen molar-refractivity contribution in [2.24, 2.45) is 5.92 Å². The van der Waals surface area contributed by atoms with Crippen LogP contribution in [0, 0.1) is 5.92 Å². The number of fused-ring (bicyclic) bond motifs is 1. The van der Waals surface area contributed by atoms with Crippen molar-refractivity contribution in [1.29, 1.82) is 0 Å². The zero-order valence-electron chi connectivity index (χ0n) is 11.7. The van der Waals surface area contributed by atoms with Crippen LogP contribution < -0.4 is 5.32 Å². The molecular weight excluding hydrogens is 220 g/mol. The molecule has 2 rings (SSSR count). The van der Waals surface area contributed by atoms with E-state index in [9.17, 15) is 0 Å². The molecule has 0 bridgehead atoms. The van der Waals surface area contributed by atoms with Gasteiger partial charge in [-0.3, -0.25) is 0 Å². The molecule has 0 amide bonds. The van der Waals surface area contributed by atoms with Gasteiger partial charge in [0, 0.05) is 29.7 Å². The molecule has 0 aliphatic heterocycles. The summed E-state index contributed by atoms with van der Waals surface area (Å²) in [4.78, 5) is 3.32. The van der Waals surface area contributed by atoms with Crippen molar-refractivity contribution in [1.82, 2.24) is 10.3 Å². The fourth-order valence-corrected chi connectivity index (χ4v) is 2.25. The van der Waals surface area contributed by atoms with E-state index in [1.807, 2.05) is 0 Å². The average molecular weight is 244 g/mol. The van der Waals surface area contributed by atoms with E-state index in [2.05, 4.69) is 61.5 Å². The van der Waals surface area contributed by atoms with Crippen molar-refractivity contribution in [2.45, 2.75) is 46.2 Å². The molecule has 0 spiro atoms. The maximum Gasteiger partial charge on any atom is 0.0457 e. The van der Waals surface area contributed by atoms with Crippen LogP contribution in [0.2, 0.25) is 0 Å². The van der Waals surface area contributed by atoms with Gasteiger partial charge in [-0.15, -0.1) is 0 Å². The van der Waals surface area contributed by atoms with E-state index in [1.54, 1.807) is 0 Å². The fraction of sp³-hybridized carbons (Fsp3) is 0.500. The van der Waals surface area contributed by atoms with E-state index in [4.69, 9.17) is 0 Å². The highest BCUT2D eigenvalue weighted by Gasteiger charge is 2.06. The molecule has 1 aromatic heterocycles. The van der Waals surface area contributed by atoms with Crippen molar-refractivity contribution in [3.8, 4) is 0 Å². The van der Waals surface area contributed by atoms with Gasteiger partial charge in [-0.05, 0) is 37.3 Å². The molecule has 18 heavy (non-hydrogen) atoms. The number of nitrogens with one attached hydrogen (secondary N) is 2. The summed E-state index contributed by atoms with van der Waals surface area (Å²) >= 11 is 0. The number of hydrogen-bond acceptors (Lipinski definition) is 1. The topological polar surface area (TPSA) is 27.8 Å². The number of rotatable bonds is 6. The number of aromatic amines is 1. The normalized spacial score (nSPS) is 13.3. The molecule has 0 saturated heterocycles. The first-order valence-electron chi connectivity index (χ1n) is 6.95. The molecule has 0 fully saturated rings. The monoisotopic (exact) mass is 244 g/mol. The number of benzene rings is 1. The van der Waals surface area contributed by atoms with Gasteiger partial charge in [0.2, 0.25) is 0 Å². The van der Waals surface area contributed by atoms with Crippen molar-refractivity contribution >= 4 is 10.9 Å². The third-order valence-electron chi connectivity index (χ3n) is 3.49. The molecule has 0 aliphatic carbocycles. The highest BCUT2D eigenvalue weighted by Crippen LogP contribution is 2.17. The van der Waals surface area contributed by atoms with Gasteiger partial charge in [0.15, 0.2) is 0 Å². The van der Waals surface area contributed by atoms with Crippen molar-refractivity contribution in [3.05, 3.63) is 36.0 Å². The van der Waals surface area contributed by atoms with Gasteiger partial charge in [0.1, 0.15) is 0 Å². The highest BCUT2D eigenvalue weighted by molar-refractivity contribution is 5.82. The molecule has 0 aliphatic rings. The lowest BCUT2D eigenvalue weighted by Gasteiger charge is -2.14. The number of aromatic nitrogens is 1. The molecule has 1 aromatic carbocycles. The number of H-pyrrole nitrogens is 1. The SMILES string of the molecule is CC(C)CCC(C)NCc1c[nH]c2ccccc12. The van der Waals surface area contributed by atoms with E-state index in [-0.39, 0.29) is 0 Å². The van der Waals surface area contributed by atoms with Gasteiger partial charge in [-0.1, -0.05) is 32.0 Å². The van der Waals surface area contributed by atoms with E-state index in [0.717, 1.165) is 12.5 Å². The summed E-state index contributed by atoms with van der Waals surface area (Å²) in [6.45, 7) is 7.79. The molecule has 2 nitrogen and oxygen atoms in total. The lowest BCUT2D eigenvalue weighted by Crippen LogP contribution is -2.25. The first-order valence-corrected chi connectivity index (χ1v) is 6.95. The zero-order chi connectivity index (χ0) is 13.0. The lowest BCUT2D eigenvalue weighted by molar-refractivity contribution is 0.451. The smallest absolute Gasteiger partial charge is 0.0457 e. The Hall–Kier alpha value is -1.28. The minimum atomic E-state index is 0.584. The summed E-state index contributed by atoms with van der Waals surface area (Å²) < 4.78 is 0. The molecule has 1 atom stereocenters. The number of para-hydroxylation sites is 1. The van der Waals surface area contributed by atoms with Gasteiger partial charge in [0.05, 0.1) is 0 Å². The van der Waals surface area contributed by atoms with Crippen LogP contribution in [0.3, 0.4) is 0 Å².